The third-order valence-corrected chi connectivity index (χ3v) is 4.93. The van der Waals surface area contributed by atoms with Crippen LogP contribution in [0.5, 0.6) is 5.75 Å². The number of sulfone groups is 1. The summed E-state index contributed by atoms with van der Waals surface area (Å²) in [6.45, 7) is 1.52. The summed E-state index contributed by atoms with van der Waals surface area (Å²) in [7, 11) is -1.72. The van der Waals surface area contributed by atoms with Crippen molar-refractivity contribution >= 4 is 27.2 Å². The number of ketones is 1. The molecule has 0 spiro atoms. The van der Waals surface area contributed by atoms with Crippen LogP contribution < -0.4 is 9.64 Å². The van der Waals surface area contributed by atoms with Crippen LogP contribution in [0, 0.1) is 0 Å². The van der Waals surface area contributed by atoms with Gasteiger partial charge in [0.15, 0.2) is 9.84 Å². The Morgan fingerprint density at radius 2 is 1.95 bits per heavy atom. The van der Waals surface area contributed by atoms with E-state index >= 15 is 0 Å². The molecule has 2 rings (SSSR count). The molecular weight excluding hydrogens is 282 g/mol. The van der Waals surface area contributed by atoms with Crippen LogP contribution in [0.15, 0.2) is 18.2 Å². The average Bonchev–Trinajstić information content (AvgIpc) is 2.68. The number of anilines is 1. The van der Waals surface area contributed by atoms with E-state index in [1.807, 2.05) is 0 Å². The van der Waals surface area contributed by atoms with Gasteiger partial charge in [0.25, 0.3) is 11.7 Å². The molecule has 1 aliphatic rings. The topological polar surface area (TPSA) is 80.8 Å². The number of nitrogens with zero attached hydrogens (tertiary/aromatic N) is 1. The number of ether oxygens (including phenoxy) is 1. The highest BCUT2D eigenvalue weighted by molar-refractivity contribution is 7.91. The maximum Gasteiger partial charge on any atom is 0.299 e. The maximum atomic E-state index is 11.9. The summed E-state index contributed by atoms with van der Waals surface area (Å²) in [6.07, 6.45) is 0. The monoisotopic (exact) mass is 297 g/mol. The second-order valence-corrected chi connectivity index (χ2v) is 6.88. The number of fused-ring (bicyclic) bond motifs is 1. The van der Waals surface area contributed by atoms with Crippen molar-refractivity contribution < 1.29 is 22.7 Å². The predicted molar refractivity (Wildman–Crippen MR) is 74.0 cm³/mol. The summed E-state index contributed by atoms with van der Waals surface area (Å²) in [5.74, 6) is -0.960. The molecule has 0 aromatic heterocycles. The molecule has 0 radical (unpaired) electrons. The largest absolute Gasteiger partial charge is 0.497 e. The summed E-state index contributed by atoms with van der Waals surface area (Å²) in [6, 6.07) is 4.68. The van der Waals surface area contributed by atoms with Crippen molar-refractivity contribution in [2.24, 2.45) is 0 Å². The summed E-state index contributed by atoms with van der Waals surface area (Å²) < 4.78 is 28.1. The number of hydrogen-bond donors (Lipinski definition) is 0. The minimum atomic E-state index is -3.20. The van der Waals surface area contributed by atoms with Gasteiger partial charge in [0.05, 0.1) is 24.1 Å². The molecule has 0 fully saturated rings. The molecule has 20 heavy (non-hydrogen) atoms. The molecule has 0 atom stereocenters. The molecule has 1 aliphatic heterocycles. The number of carbonyl (C=O) groups is 2. The van der Waals surface area contributed by atoms with Crippen LogP contribution >= 0.6 is 0 Å². The maximum absolute atomic E-state index is 11.9. The van der Waals surface area contributed by atoms with Crippen molar-refractivity contribution in [2.45, 2.75) is 6.92 Å². The van der Waals surface area contributed by atoms with Crippen LogP contribution in [-0.4, -0.2) is 45.3 Å². The van der Waals surface area contributed by atoms with Gasteiger partial charge in [0, 0.05) is 18.4 Å². The van der Waals surface area contributed by atoms with Gasteiger partial charge in [-0.15, -0.1) is 0 Å². The van der Waals surface area contributed by atoms with Crippen LogP contribution in [0.3, 0.4) is 0 Å². The van der Waals surface area contributed by atoms with Gasteiger partial charge in [-0.1, -0.05) is 6.92 Å². The summed E-state index contributed by atoms with van der Waals surface area (Å²) in [5, 5.41) is 0. The fraction of sp³-hybridized carbons (Fsp3) is 0.385. The lowest BCUT2D eigenvalue weighted by Gasteiger charge is -2.16. The fourth-order valence-corrected chi connectivity index (χ4v) is 2.75. The van der Waals surface area contributed by atoms with Crippen LogP contribution in [0.25, 0.3) is 0 Å². The van der Waals surface area contributed by atoms with E-state index in [0.717, 1.165) is 0 Å². The van der Waals surface area contributed by atoms with E-state index in [4.69, 9.17) is 4.74 Å². The highest BCUT2D eigenvalue weighted by Gasteiger charge is 2.36. The number of benzene rings is 1. The Bertz CT molecular complexity index is 665. The summed E-state index contributed by atoms with van der Waals surface area (Å²) >= 11 is 0. The second-order valence-electron chi connectivity index (χ2n) is 4.41. The molecule has 0 aliphatic carbocycles. The normalized spacial score (nSPS) is 14.6. The first-order valence-corrected chi connectivity index (χ1v) is 7.96. The molecule has 0 saturated carbocycles. The van der Waals surface area contributed by atoms with Gasteiger partial charge in [0.2, 0.25) is 0 Å². The van der Waals surface area contributed by atoms with Crippen molar-refractivity contribution in [1.29, 1.82) is 0 Å². The molecule has 6 nitrogen and oxygen atoms in total. The number of rotatable bonds is 5. The molecule has 1 aromatic carbocycles. The first kappa shape index (κ1) is 14.5. The summed E-state index contributed by atoms with van der Waals surface area (Å²) in [4.78, 5) is 24.9. The van der Waals surface area contributed by atoms with Crippen molar-refractivity contribution in [1.82, 2.24) is 0 Å². The number of carbonyl (C=O) groups excluding carboxylic acids is 2. The van der Waals surface area contributed by atoms with E-state index in [0.29, 0.717) is 11.4 Å². The Hall–Kier alpha value is -1.89. The third-order valence-electron chi connectivity index (χ3n) is 3.25. The first-order valence-electron chi connectivity index (χ1n) is 6.14. The highest BCUT2D eigenvalue weighted by Crippen LogP contribution is 2.32. The summed E-state index contributed by atoms with van der Waals surface area (Å²) in [5.41, 5.74) is 0.690. The second kappa shape index (κ2) is 5.24. The molecule has 1 amide bonds. The number of methoxy groups -OCH3 is 1. The Kier molecular flexibility index (Phi) is 3.80. The van der Waals surface area contributed by atoms with Crippen molar-refractivity contribution in [3.63, 3.8) is 0 Å². The van der Waals surface area contributed by atoms with Crippen LogP contribution in [0.4, 0.5) is 5.69 Å². The first-order chi connectivity index (χ1) is 9.39. The van der Waals surface area contributed by atoms with E-state index in [1.54, 1.807) is 19.1 Å². The Balaban J connectivity index is 2.32. The minimum absolute atomic E-state index is 0.00788. The molecule has 7 heteroatoms. The van der Waals surface area contributed by atoms with E-state index in [1.165, 1.54) is 18.1 Å². The zero-order valence-corrected chi connectivity index (χ0v) is 12.1. The van der Waals surface area contributed by atoms with E-state index in [2.05, 4.69) is 0 Å². The Labute approximate surface area is 117 Å². The average molecular weight is 297 g/mol. The SMILES string of the molecule is CCS(=O)(=O)CCN1C(=O)C(=O)c2ccc(OC)cc21. The van der Waals surface area contributed by atoms with Gasteiger partial charge in [-0.05, 0) is 12.1 Å². The molecule has 1 aromatic rings. The van der Waals surface area contributed by atoms with Gasteiger partial charge >= 0.3 is 0 Å². The quantitative estimate of drug-likeness (QED) is 0.746. The molecule has 0 bridgehead atoms. The standard InChI is InChI=1S/C13H15NO5S/c1-3-20(17,18)7-6-14-11-8-9(19-2)4-5-10(11)12(15)13(14)16/h4-5,8H,3,6-7H2,1-2H3. The van der Waals surface area contributed by atoms with Crippen molar-refractivity contribution in [3.8, 4) is 5.75 Å². The minimum Gasteiger partial charge on any atom is -0.497 e. The van der Waals surface area contributed by atoms with Crippen molar-refractivity contribution in [2.75, 3.05) is 30.1 Å². The zero-order valence-electron chi connectivity index (χ0n) is 11.3. The number of Topliss-reactive ketones (excluding diaryl/α,β-unsaturated/α-hetero) is 1. The van der Waals surface area contributed by atoms with Gasteiger partial charge < -0.3 is 9.64 Å². The molecule has 0 N–H and O–H groups in total. The van der Waals surface area contributed by atoms with E-state index in [9.17, 15) is 18.0 Å². The van der Waals surface area contributed by atoms with Gasteiger partial charge in [-0.3, -0.25) is 9.59 Å². The van der Waals surface area contributed by atoms with Crippen molar-refractivity contribution in [3.05, 3.63) is 23.8 Å². The molecular formula is C13H15NO5S. The smallest absolute Gasteiger partial charge is 0.299 e. The lowest BCUT2D eigenvalue weighted by atomic mass is 10.1. The molecule has 0 saturated heterocycles. The van der Waals surface area contributed by atoms with Gasteiger partial charge in [-0.25, -0.2) is 8.42 Å². The van der Waals surface area contributed by atoms with Crippen LogP contribution in [-0.2, 0) is 14.6 Å². The lowest BCUT2D eigenvalue weighted by Crippen LogP contribution is -2.34. The third kappa shape index (κ3) is 2.53. The van der Waals surface area contributed by atoms with E-state index < -0.39 is 21.5 Å². The van der Waals surface area contributed by atoms with Crippen LogP contribution in [0.2, 0.25) is 0 Å². The number of hydrogen-bond acceptors (Lipinski definition) is 5. The zero-order chi connectivity index (χ0) is 14.9. The lowest BCUT2D eigenvalue weighted by molar-refractivity contribution is -0.114. The van der Waals surface area contributed by atoms with Gasteiger partial charge in [-0.2, -0.15) is 0 Å². The van der Waals surface area contributed by atoms with Crippen LogP contribution in [0.1, 0.15) is 17.3 Å². The molecule has 1 heterocycles. The predicted octanol–water partition coefficient (Wildman–Crippen LogP) is 0.659. The Morgan fingerprint density at radius 1 is 1.25 bits per heavy atom. The van der Waals surface area contributed by atoms with Gasteiger partial charge in [0.1, 0.15) is 5.75 Å². The highest BCUT2D eigenvalue weighted by atomic mass is 32.2. The molecule has 0 unspecified atom stereocenters. The fourth-order valence-electron chi connectivity index (χ4n) is 2.00. The Morgan fingerprint density at radius 3 is 2.55 bits per heavy atom. The number of amides is 1. The molecule has 108 valence electrons. The van der Waals surface area contributed by atoms with E-state index in [-0.39, 0.29) is 23.6 Å².